The SMILES string of the molecule is CN(CC1CCCCC1O)C(=O)/C=C/c1cnn(-c2ccccc2)c1. The largest absolute Gasteiger partial charge is 0.393 e. The average Bonchev–Trinajstić information content (AvgIpc) is 3.11. The highest BCUT2D eigenvalue weighted by Crippen LogP contribution is 2.24. The molecule has 0 spiro atoms. The molecule has 0 radical (unpaired) electrons. The summed E-state index contributed by atoms with van der Waals surface area (Å²) >= 11 is 0. The van der Waals surface area contributed by atoms with Crippen LogP contribution in [-0.4, -0.2) is 45.4 Å². The predicted molar refractivity (Wildman–Crippen MR) is 98.2 cm³/mol. The molecule has 5 heteroatoms. The lowest BCUT2D eigenvalue weighted by Crippen LogP contribution is -2.37. The average molecular weight is 339 g/mol. The monoisotopic (exact) mass is 339 g/mol. The first kappa shape index (κ1) is 17.4. The Labute approximate surface area is 148 Å². The Hall–Kier alpha value is -2.40. The summed E-state index contributed by atoms with van der Waals surface area (Å²) in [6, 6.07) is 9.85. The van der Waals surface area contributed by atoms with Gasteiger partial charge in [-0.05, 0) is 31.1 Å². The molecule has 1 aromatic heterocycles. The quantitative estimate of drug-likeness (QED) is 0.852. The number of benzene rings is 1. The Kier molecular flexibility index (Phi) is 5.66. The number of nitrogens with zero attached hydrogens (tertiary/aromatic N) is 3. The maximum absolute atomic E-state index is 12.3. The van der Waals surface area contributed by atoms with Crippen molar-refractivity contribution in [2.75, 3.05) is 13.6 Å². The molecule has 2 aromatic rings. The molecule has 132 valence electrons. The summed E-state index contributed by atoms with van der Waals surface area (Å²) in [5.74, 6) is 0.141. The van der Waals surface area contributed by atoms with Crippen molar-refractivity contribution >= 4 is 12.0 Å². The van der Waals surface area contributed by atoms with Gasteiger partial charge >= 0.3 is 0 Å². The van der Waals surface area contributed by atoms with Crippen LogP contribution in [0.2, 0.25) is 0 Å². The van der Waals surface area contributed by atoms with Gasteiger partial charge in [-0.15, -0.1) is 0 Å². The maximum atomic E-state index is 12.3. The predicted octanol–water partition coefficient (Wildman–Crippen LogP) is 2.90. The van der Waals surface area contributed by atoms with Crippen LogP contribution >= 0.6 is 0 Å². The molecule has 25 heavy (non-hydrogen) atoms. The van der Waals surface area contributed by atoms with Crippen molar-refractivity contribution < 1.29 is 9.90 Å². The Morgan fingerprint density at radius 3 is 2.84 bits per heavy atom. The summed E-state index contributed by atoms with van der Waals surface area (Å²) < 4.78 is 1.78. The summed E-state index contributed by atoms with van der Waals surface area (Å²) in [6.45, 7) is 0.605. The van der Waals surface area contributed by atoms with Crippen LogP contribution in [0.25, 0.3) is 11.8 Å². The van der Waals surface area contributed by atoms with Crippen LogP contribution in [-0.2, 0) is 4.79 Å². The van der Waals surface area contributed by atoms with E-state index >= 15 is 0 Å². The van der Waals surface area contributed by atoms with Crippen molar-refractivity contribution in [2.24, 2.45) is 5.92 Å². The van der Waals surface area contributed by atoms with Crippen molar-refractivity contribution in [3.8, 4) is 5.69 Å². The van der Waals surface area contributed by atoms with Crippen molar-refractivity contribution in [1.29, 1.82) is 0 Å². The molecule has 1 aliphatic rings. The van der Waals surface area contributed by atoms with E-state index in [1.54, 1.807) is 35.0 Å². The zero-order chi connectivity index (χ0) is 17.6. The van der Waals surface area contributed by atoms with Gasteiger partial charge in [-0.25, -0.2) is 4.68 Å². The fraction of sp³-hybridized carbons (Fsp3) is 0.400. The van der Waals surface area contributed by atoms with Gasteiger partial charge < -0.3 is 10.0 Å². The minimum Gasteiger partial charge on any atom is -0.393 e. The van der Waals surface area contributed by atoms with Gasteiger partial charge in [0.05, 0.1) is 18.0 Å². The number of hydrogen-bond donors (Lipinski definition) is 1. The number of rotatable bonds is 5. The third-order valence-electron chi connectivity index (χ3n) is 4.80. The molecule has 1 N–H and O–H groups in total. The highest BCUT2D eigenvalue weighted by Gasteiger charge is 2.25. The van der Waals surface area contributed by atoms with E-state index < -0.39 is 0 Å². The van der Waals surface area contributed by atoms with Crippen LogP contribution in [0.15, 0.2) is 48.8 Å². The maximum Gasteiger partial charge on any atom is 0.246 e. The zero-order valence-corrected chi connectivity index (χ0v) is 14.6. The molecule has 0 bridgehead atoms. The van der Waals surface area contributed by atoms with Crippen LogP contribution in [0.5, 0.6) is 0 Å². The molecule has 2 unspecified atom stereocenters. The fourth-order valence-electron chi connectivity index (χ4n) is 3.28. The molecule has 1 aromatic carbocycles. The van der Waals surface area contributed by atoms with Gasteiger partial charge in [0.1, 0.15) is 0 Å². The molecule has 2 atom stereocenters. The molecular formula is C20H25N3O2. The lowest BCUT2D eigenvalue weighted by Gasteiger charge is -2.30. The lowest BCUT2D eigenvalue weighted by atomic mass is 9.86. The smallest absolute Gasteiger partial charge is 0.246 e. The third-order valence-corrected chi connectivity index (χ3v) is 4.80. The standard InChI is InChI=1S/C20H25N3O2/c1-22(15-17-7-5-6-10-19(17)24)20(25)12-11-16-13-21-23(14-16)18-8-3-2-4-9-18/h2-4,8-9,11-14,17,19,24H,5-7,10,15H2,1H3/b12-11+. The van der Waals surface area contributed by atoms with Crippen molar-refractivity contribution in [3.63, 3.8) is 0 Å². The van der Waals surface area contributed by atoms with E-state index in [2.05, 4.69) is 5.10 Å². The van der Waals surface area contributed by atoms with Crippen molar-refractivity contribution in [1.82, 2.24) is 14.7 Å². The number of amides is 1. The molecule has 1 amide bonds. The van der Waals surface area contributed by atoms with Gasteiger partial charge in [-0.1, -0.05) is 31.0 Å². The van der Waals surface area contributed by atoms with E-state index in [4.69, 9.17) is 0 Å². The van der Waals surface area contributed by atoms with Crippen LogP contribution < -0.4 is 0 Å². The number of carbonyl (C=O) groups excluding carboxylic acids is 1. The Bertz CT molecular complexity index is 724. The van der Waals surface area contributed by atoms with E-state index in [-0.39, 0.29) is 17.9 Å². The molecule has 1 aliphatic carbocycles. The topological polar surface area (TPSA) is 58.4 Å². The van der Waals surface area contributed by atoms with Gasteiger partial charge in [0.15, 0.2) is 0 Å². The fourth-order valence-corrected chi connectivity index (χ4v) is 3.28. The summed E-state index contributed by atoms with van der Waals surface area (Å²) in [4.78, 5) is 14.0. The minimum atomic E-state index is -0.280. The van der Waals surface area contributed by atoms with Crippen molar-refractivity contribution in [3.05, 3.63) is 54.4 Å². The van der Waals surface area contributed by atoms with Gasteiger partial charge in [0, 0.05) is 37.3 Å². The molecule has 0 saturated heterocycles. The van der Waals surface area contributed by atoms with Gasteiger partial charge in [0.2, 0.25) is 5.91 Å². The molecule has 5 nitrogen and oxygen atoms in total. The van der Waals surface area contributed by atoms with E-state index in [0.717, 1.165) is 36.9 Å². The molecule has 1 heterocycles. The van der Waals surface area contributed by atoms with Crippen LogP contribution in [0.4, 0.5) is 0 Å². The summed E-state index contributed by atoms with van der Waals surface area (Å²) in [7, 11) is 1.79. The number of aromatic nitrogens is 2. The van der Waals surface area contributed by atoms with Crippen LogP contribution in [0, 0.1) is 5.92 Å². The highest BCUT2D eigenvalue weighted by molar-refractivity contribution is 5.91. The number of hydrogen-bond acceptors (Lipinski definition) is 3. The van der Waals surface area contributed by atoms with E-state index in [1.807, 2.05) is 36.5 Å². The van der Waals surface area contributed by atoms with E-state index in [0.29, 0.717) is 6.54 Å². The van der Waals surface area contributed by atoms with Gasteiger partial charge in [-0.2, -0.15) is 5.10 Å². The minimum absolute atomic E-state index is 0.0507. The van der Waals surface area contributed by atoms with E-state index in [9.17, 15) is 9.90 Å². The summed E-state index contributed by atoms with van der Waals surface area (Å²) in [5, 5.41) is 14.4. The first-order valence-electron chi connectivity index (χ1n) is 8.85. The number of aliphatic hydroxyl groups excluding tert-OH is 1. The normalized spacial score (nSPS) is 20.7. The second-order valence-corrected chi connectivity index (χ2v) is 6.72. The van der Waals surface area contributed by atoms with Gasteiger partial charge in [0.25, 0.3) is 0 Å². The van der Waals surface area contributed by atoms with E-state index in [1.165, 1.54) is 0 Å². The Morgan fingerprint density at radius 1 is 1.32 bits per heavy atom. The van der Waals surface area contributed by atoms with Crippen molar-refractivity contribution in [2.45, 2.75) is 31.8 Å². The second-order valence-electron chi connectivity index (χ2n) is 6.72. The third kappa shape index (κ3) is 4.57. The number of likely N-dealkylation sites (N-methyl/N-ethyl adjacent to an activating group) is 1. The number of aliphatic hydroxyl groups is 1. The summed E-state index contributed by atoms with van der Waals surface area (Å²) in [6.07, 6.45) is 10.8. The molecule has 1 fully saturated rings. The highest BCUT2D eigenvalue weighted by atomic mass is 16.3. The summed E-state index contributed by atoms with van der Waals surface area (Å²) in [5.41, 5.74) is 1.86. The molecular weight excluding hydrogens is 314 g/mol. The molecule has 1 saturated carbocycles. The number of para-hydroxylation sites is 1. The van der Waals surface area contributed by atoms with Crippen LogP contribution in [0.1, 0.15) is 31.2 Å². The molecule has 0 aliphatic heterocycles. The van der Waals surface area contributed by atoms with Crippen LogP contribution in [0.3, 0.4) is 0 Å². The zero-order valence-electron chi connectivity index (χ0n) is 14.6. The Morgan fingerprint density at radius 2 is 2.08 bits per heavy atom. The second kappa shape index (κ2) is 8.12. The van der Waals surface area contributed by atoms with Gasteiger partial charge in [-0.3, -0.25) is 4.79 Å². The number of carbonyl (C=O) groups is 1. The first-order chi connectivity index (χ1) is 12.1. The molecule has 3 rings (SSSR count). The Balaban J connectivity index is 1.58. The lowest BCUT2D eigenvalue weighted by molar-refractivity contribution is -0.126. The first-order valence-corrected chi connectivity index (χ1v) is 8.85.